The van der Waals surface area contributed by atoms with Gasteiger partial charge in [-0.25, -0.2) is 4.39 Å². The van der Waals surface area contributed by atoms with Gasteiger partial charge >= 0.3 is 5.97 Å². The number of rotatable bonds is 2. The van der Waals surface area contributed by atoms with E-state index in [0.717, 1.165) is 0 Å². The van der Waals surface area contributed by atoms with Crippen molar-refractivity contribution in [1.82, 2.24) is 0 Å². The molecule has 1 aromatic rings. The Kier molecular flexibility index (Phi) is 2.78. The molecule has 2 rings (SSSR count). The number of hydrogen-bond donors (Lipinski definition) is 2. The monoisotopic (exact) mass is 302 g/mol. The second-order valence-corrected chi connectivity index (χ2v) is 5.81. The molecule has 0 aromatic heterocycles. The van der Waals surface area contributed by atoms with E-state index in [2.05, 4.69) is 15.9 Å². The van der Waals surface area contributed by atoms with Crippen molar-refractivity contribution in [3.05, 3.63) is 34.1 Å². The quantitative estimate of drug-likeness (QED) is 0.882. The average molecular weight is 303 g/mol. The van der Waals surface area contributed by atoms with Crippen LogP contribution in [0.4, 0.5) is 4.39 Å². The smallest absolute Gasteiger partial charge is 0.314 e. The maximum atomic E-state index is 13.3. The van der Waals surface area contributed by atoms with Gasteiger partial charge in [0.05, 0.1) is 11.0 Å². The van der Waals surface area contributed by atoms with Crippen LogP contribution in [0, 0.1) is 5.82 Å². The van der Waals surface area contributed by atoms with Gasteiger partial charge in [-0.3, -0.25) is 4.79 Å². The fourth-order valence-electron chi connectivity index (χ4n) is 2.56. The van der Waals surface area contributed by atoms with Gasteiger partial charge in [-0.2, -0.15) is 0 Å². The van der Waals surface area contributed by atoms with Crippen LogP contribution < -0.4 is 0 Å². The van der Waals surface area contributed by atoms with E-state index >= 15 is 0 Å². The first-order valence-corrected chi connectivity index (χ1v) is 5.97. The molecule has 0 radical (unpaired) electrons. The molecule has 17 heavy (non-hydrogen) atoms. The molecular weight excluding hydrogens is 291 g/mol. The summed E-state index contributed by atoms with van der Waals surface area (Å²) in [7, 11) is 0. The molecule has 0 atom stereocenters. The molecule has 1 aliphatic rings. The molecule has 1 fully saturated rings. The maximum Gasteiger partial charge on any atom is 0.314 e. The van der Waals surface area contributed by atoms with Crippen LogP contribution in [0.2, 0.25) is 0 Å². The molecule has 0 amide bonds. The molecule has 1 aromatic carbocycles. The lowest BCUT2D eigenvalue weighted by Crippen LogP contribution is -2.57. The highest BCUT2D eigenvalue weighted by molar-refractivity contribution is 9.10. The zero-order chi connectivity index (χ0) is 12.8. The fraction of sp³-hybridized carbons (Fsp3) is 0.417. The minimum Gasteiger partial charge on any atom is -0.481 e. The highest BCUT2D eigenvalue weighted by Gasteiger charge is 2.57. The minimum absolute atomic E-state index is 0.102. The molecule has 92 valence electrons. The Morgan fingerprint density at radius 3 is 2.41 bits per heavy atom. The molecule has 1 saturated carbocycles. The summed E-state index contributed by atoms with van der Waals surface area (Å²) in [5.74, 6) is -1.51. The van der Waals surface area contributed by atoms with Crippen molar-refractivity contribution in [2.75, 3.05) is 0 Å². The molecule has 0 spiro atoms. The summed E-state index contributed by atoms with van der Waals surface area (Å²) in [6.07, 6.45) is 0.205. The highest BCUT2D eigenvalue weighted by Crippen LogP contribution is 2.50. The van der Waals surface area contributed by atoms with Crippen molar-refractivity contribution in [2.45, 2.75) is 30.8 Å². The number of hydrogen-bond acceptors (Lipinski definition) is 2. The first kappa shape index (κ1) is 12.5. The molecular formula is C12H12BrFO3. The summed E-state index contributed by atoms with van der Waals surface area (Å²) in [5.41, 5.74) is -1.77. The number of benzene rings is 1. The third-order valence-corrected chi connectivity index (χ3v) is 3.65. The van der Waals surface area contributed by atoms with E-state index < -0.39 is 22.8 Å². The SMILES string of the molecule is CC1(O)CC(C(=O)O)(c2cc(F)cc(Br)c2)C1. The van der Waals surface area contributed by atoms with E-state index in [4.69, 9.17) is 0 Å². The van der Waals surface area contributed by atoms with Gasteiger partial charge in [0, 0.05) is 4.47 Å². The maximum absolute atomic E-state index is 13.3. The molecule has 5 heteroatoms. The first-order valence-electron chi connectivity index (χ1n) is 5.18. The Labute approximate surface area is 106 Å². The fourth-order valence-corrected chi connectivity index (χ4v) is 3.02. The third kappa shape index (κ3) is 2.09. The van der Waals surface area contributed by atoms with E-state index in [1.54, 1.807) is 13.0 Å². The highest BCUT2D eigenvalue weighted by atomic mass is 79.9. The van der Waals surface area contributed by atoms with Gasteiger partial charge in [0.2, 0.25) is 0 Å². The van der Waals surface area contributed by atoms with Gasteiger partial charge in [0.25, 0.3) is 0 Å². The van der Waals surface area contributed by atoms with Gasteiger partial charge in [-0.1, -0.05) is 15.9 Å². The summed E-state index contributed by atoms with van der Waals surface area (Å²) >= 11 is 3.14. The van der Waals surface area contributed by atoms with E-state index in [1.165, 1.54) is 12.1 Å². The number of aliphatic hydroxyl groups is 1. The third-order valence-electron chi connectivity index (χ3n) is 3.19. The summed E-state index contributed by atoms with van der Waals surface area (Å²) < 4.78 is 13.8. The lowest BCUT2D eigenvalue weighted by molar-refractivity contribution is -0.162. The molecule has 3 nitrogen and oxygen atoms in total. The molecule has 2 N–H and O–H groups in total. The van der Waals surface area contributed by atoms with E-state index in [0.29, 0.717) is 10.0 Å². The first-order chi connectivity index (χ1) is 7.75. The predicted molar refractivity (Wildman–Crippen MR) is 63.3 cm³/mol. The number of carboxylic acid groups (broad SMARTS) is 1. The van der Waals surface area contributed by atoms with Crippen LogP contribution >= 0.6 is 15.9 Å². The van der Waals surface area contributed by atoms with Gasteiger partial charge in [0.1, 0.15) is 5.82 Å². The van der Waals surface area contributed by atoms with Crippen LogP contribution in [-0.2, 0) is 10.2 Å². The Bertz CT molecular complexity index is 456. The minimum atomic E-state index is -1.17. The molecule has 0 saturated heterocycles. The van der Waals surface area contributed by atoms with Crippen molar-refractivity contribution in [3.8, 4) is 0 Å². The Morgan fingerprint density at radius 2 is 2.00 bits per heavy atom. The molecule has 0 heterocycles. The van der Waals surface area contributed by atoms with Gasteiger partial charge in [-0.15, -0.1) is 0 Å². The number of aliphatic carboxylic acids is 1. The Hall–Kier alpha value is -0.940. The Balaban J connectivity index is 2.45. The molecule has 0 bridgehead atoms. The largest absolute Gasteiger partial charge is 0.481 e. The van der Waals surface area contributed by atoms with Gasteiger partial charge < -0.3 is 10.2 Å². The lowest BCUT2D eigenvalue weighted by atomic mass is 9.57. The van der Waals surface area contributed by atoms with Crippen molar-refractivity contribution >= 4 is 21.9 Å². The van der Waals surface area contributed by atoms with Crippen molar-refractivity contribution in [2.24, 2.45) is 0 Å². The lowest BCUT2D eigenvalue weighted by Gasteiger charge is -2.49. The Morgan fingerprint density at radius 1 is 1.41 bits per heavy atom. The van der Waals surface area contributed by atoms with Gasteiger partial charge in [-0.05, 0) is 43.5 Å². The number of halogens is 2. The summed E-state index contributed by atoms with van der Waals surface area (Å²) in [6.45, 7) is 1.59. The van der Waals surface area contributed by atoms with Crippen LogP contribution in [0.15, 0.2) is 22.7 Å². The van der Waals surface area contributed by atoms with Crippen LogP contribution in [0.5, 0.6) is 0 Å². The average Bonchev–Trinajstić information content (AvgIpc) is 2.11. The van der Waals surface area contributed by atoms with E-state index in [-0.39, 0.29) is 12.8 Å². The molecule has 0 aliphatic heterocycles. The zero-order valence-electron chi connectivity index (χ0n) is 9.20. The van der Waals surface area contributed by atoms with Crippen LogP contribution in [0.25, 0.3) is 0 Å². The summed E-state index contributed by atoms with van der Waals surface area (Å²) in [4.78, 5) is 11.4. The van der Waals surface area contributed by atoms with E-state index in [9.17, 15) is 19.4 Å². The zero-order valence-corrected chi connectivity index (χ0v) is 10.8. The standard InChI is InChI=1S/C12H12BrFO3/c1-11(17)5-12(6-11,10(15)16)7-2-8(13)4-9(14)3-7/h2-4,17H,5-6H2,1H3,(H,15,16). The summed E-state index contributed by atoms with van der Waals surface area (Å²) in [6, 6.07) is 4.08. The second kappa shape index (κ2) is 3.78. The van der Waals surface area contributed by atoms with Crippen molar-refractivity contribution < 1.29 is 19.4 Å². The van der Waals surface area contributed by atoms with E-state index in [1.807, 2.05) is 0 Å². The van der Waals surface area contributed by atoms with Crippen LogP contribution in [-0.4, -0.2) is 21.8 Å². The van der Waals surface area contributed by atoms with Crippen LogP contribution in [0.3, 0.4) is 0 Å². The summed E-state index contributed by atoms with van der Waals surface area (Å²) in [5, 5.41) is 19.0. The number of carboxylic acids is 1. The molecule has 1 aliphatic carbocycles. The van der Waals surface area contributed by atoms with Crippen molar-refractivity contribution in [1.29, 1.82) is 0 Å². The van der Waals surface area contributed by atoms with Gasteiger partial charge in [0.15, 0.2) is 0 Å². The number of carbonyl (C=O) groups is 1. The topological polar surface area (TPSA) is 57.5 Å². The van der Waals surface area contributed by atoms with Crippen molar-refractivity contribution in [3.63, 3.8) is 0 Å². The predicted octanol–water partition coefficient (Wildman–Crippen LogP) is 2.46. The van der Waals surface area contributed by atoms with Crippen LogP contribution in [0.1, 0.15) is 25.3 Å². The normalized spacial score (nSPS) is 32.0. The second-order valence-electron chi connectivity index (χ2n) is 4.90. The molecule has 0 unspecified atom stereocenters.